The molecule has 2 amide bonds. The van der Waals surface area contributed by atoms with Gasteiger partial charge in [-0.05, 0) is 37.1 Å². The van der Waals surface area contributed by atoms with E-state index in [9.17, 15) is 23.1 Å². The van der Waals surface area contributed by atoms with Gasteiger partial charge in [0.05, 0.1) is 22.1 Å². The van der Waals surface area contributed by atoms with E-state index in [0.717, 1.165) is 4.90 Å². The first-order valence-corrected chi connectivity index (χ1v) is 9.91. The fourth-order valence-electron chi connectivity index (χ4n) is 3.03. The Morgan fingerprint density at radius 2 is 1.67 bits per heavy atom. The van der Waals surface area contributed by atoms with Crippen LogP contribution in [0.15, 0.2) is 53.4 Å². The third kappa shape index (κ3) is 3.78. The van der Waals surface area contributed by atoms with Crippen LogP contribution in [0.3, 0.4) is 0 Å². The summed E-state index contributed by atoms with van der Waals surface area (Å²) in [5, 5.41) is 10.3. The van der Waals surface area contributed by atoms with Crippen molar-refractivity contribution in [1.82, 2.24) is 9.62 Å². The van der Waals surface area contributed by atoms with Crippen LogP contribution in [0, 0.1) is 0 Å². The maximum Gasteiger partial charge on any atom is 0.261 e. The predicted octanol–water partition coefficient (Wildman–Crippen LogP) is 1.70. The summed E-state index contributed by atoms with van der Waals surface area (Å²) in [7, 11) is -2.56. The molecule has 27 heavy (non-hydrogen) atoms. The van der Waals surface area contributed by atoms with Gasteiger partial charge in [0.25, 0.3) is 11.8 Å². The number of aliphatic hydroxyl groups is 1. The Labute approximate surface area is 157 Å². The lowest BCUT2D eigenvalue weighted by molar-refractivity contribution is 0.0693. The summed E-state index contributed by atoms with van der Waals surface area (Å²) < 4.78 is 27.8. The van der Waals surface area contributed by atoms with Crippen molar-refractivity contribution in [1.29, 1.82) is 0 Å². The highest BCUT2D eigenvalue weighted by Gasteiger charge is 2.34. The van der Waals surface area contributed by atoms with E-state index in [1.807, 2.05) is 6.07 Å². The maximum atomic E-state index is 12.6. The molecule has 1 aliphatic rings. The Hall–Kier alpha value is -2.55. The van der Waals surface area contributed by atoms with Crippen molar-refractivity contribution < 1.29 is 23.1 Å². The third-order valence-corrected chi connectivity index (χ3v) is 6.08. The molecule has 0 aromatic heterocycles. The zero-order valence-corrected chi connectivity index (χ0v) is 15.7. The summed E-state index contributed by atoms with van der Waals surface area (Å²) in [6.45, 7) is 1.65. The molecule has 8 heteroatoms. The molecule has 0 radical (unpaired) electrons. The molecule has 0 spiro atoms. The van der Waals surface area contributed by atoms with Crippen molar-refractivity contribution in [3.63, 3.8) is 0 Å². The molecule has 2 aromatic carbocycles. The van der Waals surface area contributed by atoms with E-state index in [0.29, 0.717) is 5.56 Å². The Morgan fingerprint density at radius 3 is 2.33 bits per heavy atom. The standard InChI is InChI=1S/C19H20N2O5S/c1-12(10-17(22)13-6-4-3-5-7-13)20-27(25,26)14-8-9-15-16(11-14)19(24)21(2)18(15)23/h3-9,11-12,17,20,22H,10H2,1-2H3/t12-,17+/m1/s1. The van der Waals surface area contributed by atoms with Crippen molar-refractivity contribution in [3.8, 4) is 0 Å². The van der Waals surface area contributed by atoms with Gasteiger partial charge in [0.2, 0.25) is 10.0 Å². The van der Waals surface area contributed by atoms with Gasteiger partial charge >= 0.3 is 0 Å². The first-order valence-electron chi connectivity index (χ1n) is 8.42. The number of imide groups is 1. The second-order valence-corrected chi connectivity index (χ2v) is 8.28. The number of carbonyl (C=O) groups excluding carboxylic acids is 2. The Morgan fingerprint density at radius 1 is 1.04 bits per heavy atom. The van der Waals surface area contributed by atoms with E-state index in [1.54, 1.807) is 31.2 Å². The van der Waals surface area contributed by atoms with Crippen LogP contribution in [0.5, 0.6) is 0 Å². The molecule has 0 unspecified atom stereocenters. The van der Waals surface area contributed by atoms with Crippen molar-refractivity contribution in [2.45, 2.75) is 30.4 Å². The number of aliphatic hydroxyl groups excluding tert-OH is 1. The molecule has 0 bridgehead atoms. The van der Waals surface area contributed by atoms with Gasteiger partial charge in [0.1, 0.15) is 0 Å². The predicted molar refractivity (Wildman–Crippen MR) is 98.7 cm³/mol. The molecule has 0 aliphatic carbocycles. The number of carbonyl (C=O) groups is 2. The molecule has 7 nitrogen and oxygen atoms in total. The van der Waals surface area contributed by atoms with E-state index in [4.69, 9.17) is 0 Å². The first-order chi connectivity index (χ1) is 12.7. The minimum absolute atomic E-state index is 0.0716. The topological polar surface area (TPSA) is 104 Å². The summed E-state index contributed by atoms with van der Waals surface area (Å²) in [5.41, 5.74) is 0.963. The Balaban J connectivity index is 1.76. The van der Waals surface area contributed by atoms with Gasteiger partial charge in [-0.2, -0.15) is 0 Å². The summed E-state index contributed by atoms with van der Waals surface area (Å²) in [6, 6.07) is 12.3. The quantitative estimate of drug-likeness (QED) is 0.733. The largest absolute Gasteiger partial charge is 0.388 e. The number of hydrogen-bond acceptors (Lipinski definition) is 5. The van der Waals surface area contributed by atoms with Gasteiger partial charge in [0.15, 0.2) is 0 Å². The van der Waals surface area contributed by atoms with Gasteiger partial charge in [-0.15, -0.1) is 0 Å². The fraction of sp³-hybridized carbons (Fsp3) is 0.263. The van der Waals surface area contributed by atoms with Crippen LogP contribution in [0.25, 0.3) is 0 Å². The molecule has 1 aliphatic heterocycles. The highest BCUT2D eigenvalue weighted by atomic mass is 32.2. The first kappa shape index (κ1) is 19.2. The number of nitrogens with zero attached hydrogens (tertiary/aromatic N) is 1. The van der Waals surface area contributed by atoms with E-state index in [2.05, 4.69) is 4.72 Å². The smallest absolute Gasteiger partial charge is 0.261 e. The molecular formula is C19H20N2O5S. The second kappa shape index (κ2) is 7.22. The lowest BCUT2D eigenvalue weighted by atomic mass is 10.0. The van der Waals surface area contributed by atoms with E-state index >= 15 is 0 Å². The average molecular weight is 388 g/mol. The van der Waals surface area contributed by atoms with Crippen molar-refractivity contribution >= 4 is 21.8 Å². The molecule has 0 fully saturated rings. The van der Waals surface area contributed by atoms with Gasteiger partial charge < -0.3 is 5.11 Å². The van der Waals surface area contributed by atoms with Crippen LogP contribution >= 0.6 is 0 Å². The minimum Gasteiger partial charge on any atom is -0.388 e. The third-order valence-electron chi connectivity index (χ3n) is 4.49. The highest BCUT2D eigenvalue weighted by Crippen LogP contribution is 2.25. The highest BCUT2D eigenvalue weighted by molar-refractivity contribution is 7.89. The molecular weight excluding hydrogens is 368 g/mol. The molecule has 142 valence electrons. The number of rotatable bonds is 6. The van der Waals surface area contributed by atoms with Crippen LogP contribution in [-0.2, 0) is 10.0 Å². The normalized spacial score (nSPS) is 16.3. The molecule has 2 aromatic rings. The fourth-order valence-corrected chi connectivity index (χ4v) is 4.32. The van der Waals surface area contributed by atoms with Crippen LogP contribution in [0.1, 0.15) is 45.7 Å². The Kier molecular flexibility index (Phi) is 5.14. The molecule has 0 saturated heterocycles. The summed E-state index contributed by atoms with van der Waals surface area (Å²) in [5.74, 6) is -0.981. The minimum atomic E-state index is -3.91. The molecule has 2 atom stereocenters. The molecule has 3 rings (SSSR count). The van der Waals surface area contributed by atoms with Gasteiger partial charge in [0, 0.05) is 13.1 Å². The average Bonchev–Trinajstić information content (AvgIpc) is 2.86. The lowest BCUT2D eigenvalue weighted by Gasteiger charge is -2.18. The number of hydrogen-bond donors (Lipinski definition) is 2. The number of nitrogens with one attached hydrogen (secondary N) is 1. The Bertz CT molecular complexity index is 988. The van der Waals surface area contributed by atoms with Crippen molar-refractivity contribution in [2.75, 3.05) is 7.05 Å². The lowest BCUT2D eigenvalue weighted by Crippen LogP contribution is -2.34. The maximum absolute atomic E-state index is 12.6. The summed E-state index contributed by atoms with van der Waals surface area (Å²) >= 11 is 0. The van der Waals surface area contributed by atoms with E-state index in [-0.39, 0.29) is 22.4 Å². The number of sulfonamides is 1. The monoisotopic (exact) mass is 388 g/mol. The van der Waals surface area contributed by atoms with Crippen LogP contribution in [0.2, 0.25) is 0 Å². The van der Waals surface area contributed by atoms with Gasteiger partial charge in [-0.3, -0.25) is 14.5 Å². The number of benzene rings is 2. The van der Waals surface area contributed by atoms with E-state index < -0.39 is 34.0 Å². The van der Waals surface area contributed by atoms with Crippen LogP contribution < -0.4 is 4.72 Å². The number of fused-ring (bicyclic) bond motifs is 1. The zero-order valence-electron chi connectivity index (χ0n) is 14.9. The summed E-state index contributed by atoms with van der Waals surface area (Å²) in [4.78, 5) is 24.8. The molecule has 0 saturated carbocycles. The van der Waals surface area contributed by atoms with Crippen molar-refractivity contribution in [3.05, 3.63) is 65.2 Å². The number of amides is 2. The SMILES string of the molecule is C[C@H](C[C@H](O)c1ccccc1)NS(=O)(=O)c1ccc2c(c1)C(=O)N(C)C2=O. The molecule has 2 N–H and O–H groups in total. The van der Waals surface area contributed by atoms with Crippen molar-refractivity contribution in [2.24, 2.45) is 0 Å². The van der Waals surface area contributed by atoms with Crippen LogP contribution in [-0.4, -0.2) is 43.3 Å². The van der Waals surface area contributed by atoms with E-state index in [1.165, 1.54) is 25.2 Å². The zero-order chi connectivity index (χ0) is 19.8. The molecule has 1 heterocycles. The second-order valence-electron chi connectivity index (χ2n) is 6.56. The van der Waals surface area contributed by atoms with Gasteiger partial charge in [-0.25, -0.2) is 13.1 Å². The van der Waals surface area contributed by atoms with Crippen LogP contribution in [0.4, 0.5) is 0 Å². The van der Waals surface area contributed by atoms with Gasteiger partial charge in [-0.1, -0.05) is 30.3 Å². The summed E-state index contributed by atoms with van der Waals surface area (Å²) in [6.07, 6.45) is -0.620.